The van der Waals surface area contributed by atoms with Gasteiger partial charge in [0, 0.05) is 34.6 Å². The maximum atomic E-state index is 11.8. The molecule has 0 bridgehead atoms. The number of thiazole rings is 1. The molecule has 3 aromatic carbocycles. The lowest BCUT2D eigenvalue weighted by molar-refractivity contribution is -0.146. The summed E-state index contributed by atoms with van der Waals surface area (Å²) in [6, 6.07) is 23.9. The summed E-state index contributed by atoms with van der Waals surface area (Å²) in [5.74, 6) is -0.0647. The van der Waals surface area contributed by atoms with Crippen LogP contribution >= 0.6 is 22.9 Å². The second-order valence-corrected chi connectivity index (χ2v) is 10.9. The second kappa shape index (κ2) is 9.36. The Kier molecular flexibility index (Phi) is 6.26. The first-order chi connectivity index (χ1) is 16.8. The molecule has 7 heteroatoms. The van der Waals surface area contributed by atoms with Crippen LogP contribution in [0.2, 0.25) is 5.02 Å². The molecular weight excluding hydrogens is 480 g/mol. The minimum Gasteiger partial charge on any atom is -0.486 e. The molecule has 178 valence electrons. The molecule has 0 saturated heterocycles. The van der Waals surface area contributed by atoms with Crippen LogP contribution in [0, 0.1) is 5.41 Å². The summed E-state index contributed by atoms with van der Waals surface area (Å²) in [7, 11) is 0. The van der Waals surface area contributed by atoms with Gasteiger partial charge in [-0.2, -0.15) is 0 Å². The standard InChI is InChI=1S/C28H25ClN2O3S/c1-28(2,27(32)33)15-21-13-19-14-22(34-17-26-30-23-5-3-4-6-25(23)35-26)11-12-24(19)31(21)16-18-7-9-20(29)10-8-18/h3-14H,15-17H2,1-2H3,(H,32,33). The number of nitrogens with zero attached hydrogens (tertiary/aromatic N) is 2. The fraction of sp³-hybridized carbons (Fsp3) is 0.214. The van der Waals surface area contributed by atoms with Gasteiger partial charge in [0.2, 0.25) is 0 Å². The Balaban J connectivity index is 1.45. The van der Waals surface area contributed by atoms with E-state index in [-0.39, 0.29) is 0 Å². The van der Waals surface area contributed by atoms with E-state index >= 15 is 0 Å². The Morgan fingerprint density at radius 3 is 2.60 bits per heavy atom. The number of aromatic nitrogens is 2. The van der Waals surface area contributed by atoms with E-state index in [1.165, 1.54) is 0 Å². The Bertz CT molecular complexity index is 1490. The van der Waals surface area contributed by atoms with Gasteiger partial charge < -0.3 is 14.4 Å². The van der Waals surface area contributed by atoms with Crippen LogP contribution in [0.25, 0.3) is 21.1 Å². The highest BCUT2D eigenvalue weighted by Crippen LogP contribution is 2.31. The lowest BCUT2D eigenvalue weighted by Crippen LogP contribution is -2.27. The summed E-state index contributed by atoms with van der Waals surface area (Å²) in [6.45, 7) is 4.53. The summed E-state index contributed by atoms with van der Waals surface area (Å²) in [6.07, 6.45) is 0.409. The lowest BCUT2D eigenvalue weighted by atomic mass is 9.88. The first-order valence-electron chi connectivity index (χ1n) is 11.4. The molecule has 0 amide bonds. The predicted octanol–water partition coefficient (Wildman–Crippen LogP) is 7.19. The molecule has 0 fully saturated rings. The van der Waals surface area contributed by atoms with Crippen molar-refractivity contribution in [1.29, 1.82) is 0 Å². The van der Waals surface area contributed by atoms with Gasteiger partial charge in [0.1, 0.15) is 17.4 Å². The van der Waals surface area contributed by atoms with Crippen LogP contribution in [0.4, 0.5) is 0 Å². The van der Waals surface area contributed by atoms with Crippen molar-refractivity contribution in [2.45, 2.75) is 33.4 Å². The summed E-state index contributed by atoms with van der Waals surface area (Å²) in [5.41, 5.74) is 3.18. The number of carbonyl (C=O) groups is 1. The van der Waals surface area contributed by atoms with Crippen molar-refractivity contribution in [1.82, 2.24) is 9.55 Å². The summed E-state index contributed by atoms with van der Waals surface area (Å²) in [4.78, 5) is 16.5. The van der Waals surface area contributed by atoms with E-state index < -0.39 is 11.4 Å². The Morgan fingerprint density at radius 2 is 1.86 bits per heavy atom. The van der Waals surface area contributed by atoms with E-state index in [1.807, 2.05) is 60.7 Å². The SMILES string of the molecule is CC(C)(Cc1cc2cc(OCc3nc4ccccc4s3)ccc2n1Cc1ccc(Cl)cc1)C(=O)O. The number of aliphatic carboxylic acids is 1. The van der Waals surface area contributed by atoms with Gasteiger partial charge in [-0.3, -0.25) is 4.79 Å². The second-order valence-electron chi connectivity index (χ2n) is 9.30. The number of benzene rings is 3. The molecule has 0 spiro atoms. The number of fused-ring (bicyclic) bond motifs is 2. The van der Waals surface area contributed by atoms with Crippen LogP contribution in [-0.4, -0.2) is 20.6 Å². The summed E-state index contributed by atoms with van der Waals surface area (Å²) in [5, 5.41) is 12.3. The highest BCUT2D eigenvalue weighted by atomic mass is 35.5. The minimum absolute atomic E-state index is 0.398. The normalized spacial score (nSPS) is 11.9. The molecule has 0 atom stereocenters. The first-order valence-corrected chi connectivity index (χ1v) is 12.6. The number of para-hydroxylation sites is 1. The van der Waals surface area contributed by atoms with Crippen molar-refractivity contribution in [3.05, 3.63) is 94.1 Å². The fourth-order valence-corrected chi connectivity index (χ4v) is 5.16. The fourth-order valence-electron chi connectivity index (χ4n) is 4.16. The van der Waals surface area contributed by atoms with Crippen LogP contribution in [0.5, 0.6) is 5.75 Å². The van der Waals surface area contributed by atoms with E-state index in [0.29, 0.717) is 24.6 Å². The maximum Gasteiger partial charge on any atom is 0.309 e. The molecule has 0 saturated carbocycles. The van der Waals surface area contributed by atoms with E-state index in [1.54, 1.807) is 25.2 Å². The van der Waals surface area contributed by atoms with Gasteiger partial charge in [-0.15, -0.1) is 11.3 Å². The van der Waals surface area contributed by atoms with Crippen molar-refractivity contribution in [2.75, 3.05) is 0 Å². The molecule has 0 radical (unpaired) electrons. The average Bonchev–Trinajstić information content (AvgIpc) is 3.39. The first kappa shape index (κ1) is 23.4. The Labute approximate surface area is 212 Å². The molecule has 1 N–H and O–H groups in total. The van der Waals surface area contributed by atoms with Crippen LogP contribution in [0.3, 0.4) is 0 Å². The number of halogens is 1. The van der Waals surface area contributed by atoms with Crippen LogP contribution in [0.1, 0.15) is 30.1 Å². The van der Waals surface area contributed by atoms with Gasteiger partial charge in [0.15, 0.2) is 0 Å². The summed E-state index contributed by atoms with van der Waals surface area (Å²) >= 11 is 7.70. The topological polar surface area (TPSA) is 64.4 Å². The van der Waals surface area contributed by atoms with Gasteiger partial charge >= 0.3 is 5.97 Å². The smallest absolute Gasteiger partial charge is 0.309 e. The molecule has 0 aliphatic carbocycles. The van der Waals surface area contributed by atoms with Crippen LogP contribution in [-0.2, 0) is 24.4 Å². The number of carboxylic acids is 1. The molecular formula is C28H25ClN2O3S. The third-order valence-electron chi connectivity index (χ3n) is 6.12. The van der Waals surface area contributed by atoms with Crippen LogP contribution in [0.15, 0.2) is 72.8 Å². The maximum absolute atomic E-state index is 11.8. The predicted molar refractivity (Wildman–Crippen MR) is 142 cm³/mol. The zero-order valence-electron chi connectivity index (χ0n) is 19.5. The number of carboxylic acid groups (broad SMARTS) is 1. The van der Waals surface area contributed by atoms with E-state index in [2.05, 4.69) is 21.7 Å². The number of hydrogen-bond donors (Lipinski definition) is 1. The molecule has 0 aliphatic rings. The largest absolute Gasteiger partial charge is 0.486 e. The molecule has 5 nitrogen and oxygen atoms in total. The number of rotatable bonds is 8. The van der Waals surface area contributed by atoms with E-state index in [4.69, 9.17) is 16.3 Å². The minimum atomic E-state index is -0.891. The van der Waals surface area contributed by atoms with Crippen molar-refractivity contribution in [3.63, 3.8) is 0 Å². The third-order valence-corrected chi connectivity index (χ3v) is 7.38. The Hall–Kier alpha value is -3.35. The highest BCUT2D eigenvalue weighted by Gasteiger charge is 2.29. The quantitative estimate of drug-likeness (QED) is 0.243. The van der Waals surface area contributed by atoms with Gasteiger partial charge in [-0.05, 0) is 67.9 Å². The summed E-state index contributed by atoms with van der Waals surface area (Å²) < 4.78 is 9.41. The van der Waals surface area contributed by atoms with Gasteiger partial charge in [-0.1, -0.05) is 35.9 Å². The molecule has 5 aromatic rings. The monoisotopic (exact) mass is 504 g/mol. The molecule has 0 aliphatic heterocycles. The molecule has 35 heavy (non-hydrogen) atoms. The number of hydrogen-bond acceptors (Lipinski definition) is 4. The van der Waals surface area contributed by atoms with Crippen LogP contribution < -0.4 is 4.74 Å². The number of ether oxygens (including phenoxy) is 1. The van der Waals surface area contributed by atoms with Gasteiger partial charge in [0.25, 0.3) is 0 Å². The third kappa shape index (κ3) is 5.04. The molecule has 5 rings (SSSR count). The average molecular weight is 505 g/mol. The van der Waals surface area contributed by atoms with Crippen molar-refractivity contribution in [2.24, 2.45) is 5.41 Å². The van der Waals surface area contributed by atoms with Crippen molar-refractivity contribution < 1.29 is 14.6 Å². The molecule has 0 unspecified atom stereocenters. The van der Waals surface area contributed by atoms with Gasteiger partial charge in [0.05, 0.1) is 15.6 Å². The van der Waals surface area contributed by atoms with E-state index in [9.17, 15) is 9.90 Å². The van der Waals surface area contributed by atoms with E-state index in [0.717, 1.165) is 43.1 Å². The van der Waals surface area contributed by atoms with Crippen molar-refractivity contribution in [3.8, 4) is 5.75 Å². The van der Waals surface area contributed by atoms with Crippen molar-refractivity contribution >= 4 is 50.0 Å². The lowest BCUT2D eigenvalue weighted by Gasteiger charge is -2.20. The Morgan fingerprint density at radius 1 is 1.09 bits per heavy atom. The molecule has 2 heterocycles. The molecule has 2 aromatic heterocycles. The zero-order valence-corrected chi connectivity index (χ0v) is 21.1. The van der Waals surface area contributed by atoms with Gasteiger partial charge in [-0.25, -0.2) is 4.98 Å². The highest BCUT2D eigenvalue weighted by molar-refractivity contribution is 7.18. The zero-order chi connectivity index (χ0) is 24.6.